The molecule has 24 heavy (non-hydrogen) atoms. The summed E-state index contributed by atoms with van der Waals surface area (Å²) in [5, 5.41) is 2.95. The quantitative estimate of drug-likeness (QED) is 0.909. The summed E-state index contributed by atoms with van der Waals surface area (Å²) in [6.07, 6.45) is 5.22. The minimum atomic E-state index is -2.95. The largest absolute Gasteiger partial charge is 0.493 e. The Morgan fingerprint density at radius 1 is 1.42 bits per heavy atom. The van der Waals surface area contributed by atoms with Crippen molar-refractivity contribution in [1.82, 2.24) is 14.9 Å². The van der Waals surface area contributed by atoms with E-state index in [2.05, 4.69) is 15.0 Å². The van der Waals surface area contributed by atoms with Gasteiger partial charge in [-0.2, -0.15) is 8.78 Å². The van der Waals surface area contributed by atoms with Gasteiger partial charge >= 0.3 is 6.61 Å². The average molecular weight is 337 g/mol. The van der Waals surface area contributed by atoms with Gasteiger partial charge in [-0.3, -0.25) is 4.79 Å². The Bertz CT molecular complexity index is 733. The number of carbonyl (C=O) groups excluding carboxylic acids is 1. The summed E-state index contributed by atoms with van der Waals surface area (Å²) in [5.41, 5.74) is 0.324. The maximum Gasteiger partial charge on any atom is 0.387 e. The first kappa shape index (κ1) is 16.2. The topological polar surface area (TPSA) is 65.4 Å². The van der Waals surface area contributed by atoms with Gasteiger partial charge in [0.1, 0.15) is 5.82 Å². The third kappa shape index (κ3) is 3.47. The third-order valence-corrected chi connectivity index (χ3v) is 3.91. The van der Waals surface area contributed by atoms with Crippen LogP contribution in [0.5, 0.6) is 11.5 Å². The number of alkyl halides is 2. The van der Waals surface area contributed by atoms with Crippen LogP contribution >= 0.6 is 0 Å². The lowest BCUT2D eigenvalue weighted by molar-refractivity contribution is -0.0512. The van der Waals surface area contributed by atoms with Crippen LogP contribution in [0, 0.1) is 0 Å². The van der Waals surface area contributed by atoms with E-state index in [0.717, 1.165) is 18.7 Å². The molecule has 0 fully saturated rings. The number of aryl methyl sites for hydroxylation is 1. The number of imidazole rings is 1. The molecule has 1 aromatic heterocycles. The molecule has 0 saturated carbocycles. The second kappa shape index (κ2) is 6.86. The number of fused-ring (bicyclic) bond motifs is 1. The van der Waals surface area contributed by atoms with E-state index in [9.17, 15) is 13.6 Å². The first-order valence-corrected chi connectivity index (χ1v) is 7.50. The lowest BCUT2D eigenvalue weighted by Gasteiger charge is -2.24. The zero-order valence-corrected chi connectivity index (χ0v) is 13.0. The number of ether oxygens (including phenoxy) is 2. The molecule has 1 atom stereocenters. The number of hydrogen-bond acceptors (Lipinski definition) is 4. The number of amides is 1. The molecule has 8 heteroatoms. The molecule has 3 rings (SSSR count). The summed E-state index contributed by atoms with van der Waals surface area (Å²) in [7, 11) is 1.33. The number of nitrogens with one attached hydrogen (secondary N) is 1. The number of carbonyl (C=O) groups is 1. The van der Waals surface area contributed by atoms with E-state index in [-0.39, 0.29) is 23.4 Å². The van der Waals surface area contributed by atoms with Crippen LogP contribution in [0.2, 0.25) is 0 Å². The molecule has 1 aliphatic heterocycles. The Labute approximate surface area is 137 Å². The van der Waals surface area contributed by atoms with Crippen molar-refractivity contribution in [2.45, 2.75) is 32.0 Å². The standard InChI is InChI=1S/C16H17F2N3O3/c1-23-13-8-10(2-4-12(13)24-16(17)18)15(22)20-11-3-5-14-19-6-7-21(14)9-11/h2,4,6-8,11,16H,3,5,9H2,1H3,(H,20,22)/t11-/m0/s1. The fourth-order valence-electron chi connectivity index (χ4n) is 2.76. The SMILES string of the molecule is COc1cc(C(=O)N[C@H]2CCc3nccn3C2)ccc1OC(F)F. The molecule has 0 bridgehead atoms. The van der Waals surface area contributed by atoms with Gasteiger partial charge in [0.25, 0.3) is 5.91 Å². The van der Waals surface area contributed by atoms with Crippen LogP contribution in [-0.4, -0.2) is 35.2 Å². The van der Waals surface area contributed by atoms with Crippen LogP contribution in [-0.2, 0) is 13.0 Å². The number of hydrogen-bond donors (Lipinski definition) is 1. The van der Waals surface area contributed by atoms with E-state index < -0.39 is 6.61 Å². The van der Waals surface area contributed by atoms with Crippen LogP contribution in [0.3, 0.4) is 0 Å². The van der Waals surface area contributed by atoms with Gasteiger partial charge in [-0.15, -0.1) is 0 Å². The number of halogens is 2. The van der Waals surface area contributed by atoms with E-state index in [1.807, 2.05) is 10.8 Å². The molecular formula is C16H17F2N3O3. The molecule has 0 spiro atoms. The Kier molecular flexibility index (Phi) is 4.64. The molecule has 6 nitrogen and oxygen atoms in total. The molecule has 2 heterocycles. The van der Waals surface area contributed by atoms with Crippen LogP contribution in [0.4, 0.5) is 8.78 Å². The predicted octanol–water partition coefficient (Wildman–Crippen LogP) is 2.24. The van der Waals surface area contributed by atoms with Crippen molar-refractivity contribution in [3.05, 3.63) is 42.0 Å². The minimum Gasteiger partial charge on any atom is -0.493 e. The van der Waals surface area contributed by atoms with E-state index in [4.69, 9.17) is 4.74 Å². The Morgan fingerprint density at radius 2 is 2.25 bits per heavy atom. The number of aromatic nitrogens is 2. The zero-order valence-electron chi connectivity index (χ0n) is 13.0. The van der Waals surface area contributed by atoms with Gasteiger partial charge in [-0.05, 0) is 24.6 Å². The van der Waals surface area contributed by atoms with Gasteiger partial charge in [-0.1, -0.05) is 0 Å². The van der Waals surface area contributed by atoms with Gasteiger partial charge in [0.15, 0.2) is 11.5 Å². The maximum atomic E-state index is 12.4. The fraction of sp³-hybridized carbons (Fsp3) is 0.375. The highest BCUT2D eigenvalue weighted by molar-refractivity contribution is 5.95. The predicted molar refractivity (Wildman–Crippen MR) is 81.4 cm³/mol. The maximum absolute atomic E-state index is 12.4. The van der Waals surface area contributed by atoms with Crippen molar-refractivity contribution in [3.63, 3.8) is 0 Å². The van der Waals surface area contributed by atoms with Crippen LogP contribution in [0.25, 0.3) is 0 Å². The van der Waals surface area contributed by atoms with Crippen molar-refractivity contribution in [3.8, 4) is 11.5 Å². The molecule has 1 aromatic carbocycles. The van der Waals surface area contributed by atoms with Gasteiger partial charge in [0.05, 0.1) is 7.11 Å². The van der Waals surface area contributed by atoms with Crippen LogP contribution < -0.4 is 14.8 Å². The molecular weight excluding hydrogens is 320 g/mol. The summed E-state index contributed by atoms with van der Waals surface area (Å²) in [5.74, 6) is 0.703. The van der Waals surface area contributed by atoms with Crippen LogP contribution in [0.15, 0.2) is 30.6 Å². The Hall–Kier alpha value is -2.64. The Morgan fingerprint density at radius 3 is 3.00 bits per heavy atom. The molecule has 1 amide bonds. The lowest BCUT2D eigenvalue weighted by atomic mass is 10.1. The van der Waals surface area contributed by atoms with Gasteiger partial charge < -0.3 is 19.4 Å². The van der Waals surface area contributed by atoms with Crippen molar-refractivity contribution in [2.75, 3.05) is 7.11 Å². The molecule has 1 aliphatic rings. The molecule has 128 valence electrons. The molecule has 0 unspecified atom stereocenters. The number of benzene rings is 1. The van der Waals surface area contributed by atoms with Crippen molar-refractivity contribution < 1.29 is 23.0 Å². The normalized spacial score (nSPS) is 16.6. The Balaban J connectivity index is 1.69. The summed E-state index contributed by atoms with van der Waals surface area (Å²) < 4.78 is 36.0. The second-order valence-corrected chi connectivity index (χ2v) is 5.45. The second-order valence-electron chi connectivity index (χ2n) is 5.45. The molecule has 1 N–H and O–H groups in total. The van der Waals surface area contributed by atoms with Crippen LogP contribution in [0.1, 0.15) is 22.6 Å². The van der Waals surface area contributed by atoms with E-state index >= 15 is 0 Å². The van der Waals surface area contributed by atoms with Gasteiger partial charge in [0.2, 0.25) is 0 Å². The number of rotatable bonds is 5. The molecule has 0 radical (unpaired) electrons. The molecule has 0 saturated heterocycles. The first-order chi connectivity index (χ1) is 11.6. The van der Waals surface area contributed by atoms with Crippen molar-refractivity contribution in [2.24, 2.45) is 0 Å². The van der Waals surface area contributed by atoms with Gasteiger partial charge in [-0.25, -0.2) is 4.98 Å². The molecule has 2 aromatic rings. The average Bonchev–Trinajstić information content (AvgIpc) is 3.02. The summed E-state index contributed by atoms with van der Waals surface area (Å²) in [6.45, 7) is -2.30. The minimum absolute atomic E-state index is 0.0119. The number of nitrogens with zero attached hydrogens (tertiary/aromatic N) is 2. The molecule has 0 aliphatic carbocycles. The van der Waals surface area contributed by atoms with Gasteiger partial charge in [0, 0.05) is 37.0 Å². The monoisotopic (exact) mass is 337 g/mol. The summed E-state index contributed by atoms with van der Waals surface area (Å²) in [6, 6.07) is 4.11. The van der Waals surface area contributed by atoms with E-state index in [0.29, 0.717) is 12.1 Å². The third-order valence-electron chi connectivity index (χ3n) is 3.91. The number of methoxy groups -OCH3 is 1. The fourth-order valence-corrected chi connectivity index (χ4v) is 2.76. The highest BCUT2D eigenvalue weighted by atomic mass is 19.3. The van der Waals surface area contributed by atoms with Crippen molar-refractivity contribution >= 4 is 5.91 Å². The summed E-state index contributed by atoms with van der Waals surface area (Å²) >= 11 is 0. The van der Waals surface area contributed by atoms with E-state index in [1.54, 1.807) is 6.20 Å². The smallest absolute Gasteiger partial charge is 0.387 e. The first-order valence-electron chi connectivity index (χ1n) is 7.50. The van der Waals surface area contributed by atoms with E-state index in [1.165, 1.54) is 25.3 Å². The summed E-state index contributed by atoms with van der Waals surface area (Å²) in [4.78, 5) is 16.6. The zero-order chi connectivity index (χ0) is 17.1. The highest BCUT2D eigenvalue weighted by Crippen LogP contribution is 2.29. The lowest BCUT2D eigenvalue weighted by Crippen LogP contribution is -2.40. The van der Waals surface area contributed by atoms with Crippen molar-refractivity contribution in [1.29, 1.82) is 0 Å². The highest BCUT2D eigenvalue weighted by Gasteiger charge is 2.21.